The standard InChI is InChI=1S/C24H30FN5O/c1-26-24(27-11-9-18-15-28-21-13-19(25)7-8-20(18)21)29-14-17-10-12-30(16-17)22-5-3-4-6-23(22)31-2/h3-8,13,15,17,28H,9-12,14,16H2,1-2H3,(H2,26,27,29). The minimum Gasteiger partial charge on any atom is -0.495 e. The Morgan fingerprint density at radius 2 is 2.13 bits per heavy atom. The first-order valence-electron chi connectivity index (χ1n) is 10.8. The van der Waals surface area contributed by atoms with E-state index in [1.165, 1.54) is 17.7 Å². The maximum atomic E-state index is 13.4. The molecule has 1 saturated heterocycles. The Morgan fingerprint density at radius 3 is 2.97 bits per heavy atom. The van der Waals surface area contributed by atoms with Crippen molar-refractivity contribution in [3.63, 3.8) is 0 Å². The van der Waals surface area contributed by atoms with Crippen LogP contribution in [0.1, 0.15) is 12.0 Å². The average molecular weight is 424 g/mol. The molecule has 0 spiro atoms. The molecule has 1 aromatic heterocycles. The molecular weight excluding hydrogens is 393 g/mol. The molecule has 0 saturated carbocycles. The summed E-state index contributed by atoms with van der Waals surface area (Å²) in [5.41, 5.74) is 3.16. The van der Waals surface area contributed by atoms with Crippen LogP contribution >= 0.6 is 0 Å². The normalized spacial score (nSPS) is 16.7. The molecule has 164 valence electrons. The van der Waals surface area contributed by atoms with E-state index in [1.807, 2.05) is 24.4 Å². The number of rotatable bonds is 7. The van der Waals surface area contributed by atoms with Gasteiger partial charge in [0.1, 0.15) is 11.6 Å². The van der Waals surface area contributed by atoms with Crippen LogP contribution in [0.2, 0.25) is 0 Å². The van der Waals surface area contributed by atoms with Gasteiger partial charge in [0.05, 0.1) is 12.8 Å². The lowest BCUT2D eigenvalue weighted by Crippen LogP contribution is -2.41. The minimum absolute atomic E-state index is 0.222. The van der Waals surface area contributed by atoms with Crippen LogP contribution in [0.15, 0.2) is 53.7 Å². The second-order valence-electron chi connectivity index (χ2n) is 7.91. The molecule has 1 unspecified atom stereocenters. The summed E-state index contributed by atoms with van der Waals surface area (Å²) in [5, 5.41) is 7.91. The van der Waals surface area contributed by atoms with Gasteiger partial charge in [-0.3, -0.25) is 4.99 Å². The van der Waals surface area contributed by atoms with Gasteiger partial charge in [0.15, 0.2) is 5.96 Å². The number of halogens is 1. The molecule has 0 bridgehead atoms. The first-order chi connectivity index (χ1) is 15.2. The molecule has 0 aliphatic carbocycles. The molecule has 2 heterocycles. The number of anilines is 1. The smallest absolute Gasteiger partial charge is 0.190 e. The monoisotopic (exact) mass is 423 g/mol. The fourth-order valence-electron chi connectivity index (χ4n) is 4.25. The number of nitrogens with one attached hydrogen (secondary N) is 3. The number of aromatic nitrogens is 1. The highest BCUT2D eigenvalue weighted by Gasteiger charge is 2.24. The van der Waals surface area contributed by atoms with Crippen molar-refractivity contribution < 1.29 is 9.13 Å². The lowest BCUT2D eigenvalue weighted by Gasteiger charge is -2.21. The Labute approximate surface area is 182 Å². The highest BCUT2D eigenvalue weighted by atomic mass is 19.1. The van der Waals surface area contributed by atoms with Gasteiger partial charge in [-0.05, 0) is 54.7 Å². The van der Waals surface area contributed by atoms with Gasteiger partial charge in [-0.2, -0.15) is 0 Å². The number of hydrogen-bond acceptors (Lipinski definition) is 3. The number of methoxy groups -OCH3 is 1. The number of H-pyrrole nitrogens is 1. The van der Waals surface area contributed by atoms with Gasteiger partial charge >= 0.3 is 0 Å². The lowest BCUT2D eigenvalue weighted by atomic mass is 10.1. The van der Waals surface area contributed by atoms with Crippen LogP contribution in [-0.4, -0.2) is 51.3 Å². The van der Waals surface area contributed by atoms with E-state index in [4.69, 9.17) is 4.74 Å². The molecule has 4 rings (SSSR count). The van der Waals surface area contributed by atoms with Crippen LogP contribution in [0.5, 0.6) is 5.75 Å². The van der Waals surface area contributed by atoms with E-state index in [1.54, 1.807) is 14.2 Å². The molecule has 6 nitrogen and oxygen atoms in total. The van der Waals surface area contributed by atoms with Crippen molar-refractivity contribution in [2.45, 2.75) is 12.8 Å². The van der Waals surface area contributed by atoms with E-state index in [2.05, 4.69) is 37.6 Å². The Balaban J connectivity index is 1.24. The number of guanidine groups is 1. The molecule has 3 aromatic rings. The maximum Gasteiger partial charge on any atom is 0.190 e. The summed E-state index contributed by atoms with van der Waals surface area (Å²) in [5.74, 6) is 2.06. The van der Waals surface area contributed by atoms with Gasteiger partial charge in [-0.25, -0.2) is 4.39 Å². The molecule has 0 amide bonds. The molecule has 1 atom stereocenters. The number of hydrogen-bond donors (Lipinski definition) is 3. The zero-order chi connectivity index (χ0) is 21.6. The highest BCUT2D eigenvalue weighted by Crippen LogP contribution is 2.31. The molecule has 7 heteroatoms. The van der Waals surface area contributed by atoms with Crippen LogP contribution in [-0.2, 0) is 6.42 Å². The molecule has 31 heavy (non-hydrogen) atoms. The zero-order valence-electron chi connectivity index (χ0n) is 18.1. The van der Waals surface area contributed by atoms with Crippen LogP contribution in [0.3, 0.4) is 0 Å². The highest BCUT2D eigenvalue weighted by molar-refractivity contribution is 5.83. The number of aliphatic imine (C=N–C) groups is 1. The molecule has 2 aromatic carbocycles. The molecule has 0 radical (unpaired) electrons. The number of para-hydroxylation sites is 2. The van der Waals surface area contributed by atoms with E-state index in [0.29, 0.717) is 5.92 Å². The van der Waals surface area contributed by atoms with Gasteiger partial charge in [-0.1, -0.05) is 12.1 Å². The second kappa shape index (κ2) is 9.73. The fourth-order valence-corrected chi connectivity index (χ4v) is 4.25. The summed E-state index contributed by atoms with van der Waals surface area (Å²) in [6.07, 6.45) is 3.91. The largest absolute Gasteiger partial charge is 0.495 e. The van der Waals surface area contributed by atoms with E-state index in [-0.39, 0.29) is 5.82 Å². The third kappa shape index (κ3) is 4.93. The van der Waals surface area contributed by atoms with Crippen molar-refractivity contribution in [2.75, 3.05) is 45.2 Å². The number of aromatic amines is 1. The Hall–Kier alpha value is -3.22. The van der Waals surface area contributed by atoms with Crippen molar-refractivity contribution in [1.29, 1.82) is 0 Å². The minimum atomic E-state index is -0.222. The van der Waals surface area contributed by atoms with Gasteiger partial charge in [0.2, 0.25) is 0 Å². The summed E-state index contributed by atoms with van der Waals surface area (Å²) in [4.78, 5) is 9.88. The maximum absolute atomic E-state index is 13.4. The van der Waals surface area contributed by atoms with Gasteiger partial charge in [-0.15, -0.1) is 0 Å². The second-order valence-corrected chi connectivity index (χ2v) is 7.91. The summed E-state index contributed by atoms with van der Waals surface area (Å²) >= 11 is 0. The topological polar surface area (TPSA) is 64.7 Å². The van der Waals surface area contributed by atoms with Crippen LogP contribution in [0, 0.1) is 11.7 Å². The van der Waals surface area contributed by atoms with E-state index in [9.17, 15) is 4.39 Å². The lowest BCUT2D eigenvalue weighted by molar-refractivity contribution is 0.414. The summed E-state index contributed by atoms with van der Waals surface area (Å²) in [7, 11) is 3.51. The Morgan fingerprint density at radius 1 is 1.26 bits per heavy atom. The number of nitrogens with zero attached hydrogens (tertiary/aromatic N) is 2. The predicted octanol–water partition coefficient (Wildman–Crippen LogP) is 3.55. The Kier molecular flexibility index (Phi) is 6.60. The summed E-state index contributed by atoms with van der Waals surface area (Å²) < 4.78 is 18.9. The van der Waals surface area contributed by atoms with E-state index in [0.717, 1.165) is 67.3 Å². The van der Waals surface area contributed by atoms with Crippen molar-refractivity contribution in [3.05, 3.63) is 60.0 Å². The van der Waals surface area contributed by atoms with Crippen molar-refractivity contribution in [2.24, 2.45) is 10.9 Å². The number of ether oxygens (including phenoxy) is 1. The number of benzene rings is 2. The predicted molar refractivity (Wildman–Crippen MR) is 125 cm³/mol. The third-order valence-electron chi connectivity index (χ3n) is 5.91. The first-order valence-corrected chi connectivity index (χ1v) is 10.8. The third-order valence-corrected chi connectivity index (χ3v) is 5.91. The van der Waals surface area contributed by atoms with Crippen molar-refractivity contribution in [3.8, 4) is 5.75 Å². The Bertz CT molecular complexity index is 1050. The van der Waals surface area contributed by atoms with E-state index < -0.39 is 0 Å². The average Bonchev–Trinajstić information content (AvgIpc) is 3.43. The summed E-state index contributed by atoms with van der Waals surface area (Å²) in [6, 6.07) is 13.1. The van der Waals surface area contributed by atoms with Crippen LogP contribution < -0.4 is 20.3 Å². The van der Waals surface area contributed by atoms with Gasteiger partial charge in [0.25, 0.3) is 0 Å². The van der Waals surface area contributed by atoms with E-state index >= 15 is 0 Å². The van der Waals surface area contributed by atoms with Crippen molar-refractivity contribution in [1.82, 2.24) is 15.6 Å². The SMILES string of the molecule is CN=C(NCCc1c[nH]c2cc(F)ccc12)NCC1CCN(c2ccccc2OC)C1. The summed E-state index contributed by atoms with van der Waals surface area (Å²) in [6.45, 7) is 3.65. The van der Waals surface area contributed by atoms with Gasteiger partial charge < -0.3 is 25.3 Å². The van der Waals surface area contributed by atoms with Crippen molar-refractivity contribution >= 4 is 22.5 Å². The van der Waals surface area contributed by atoms with Crippen LogP contribution in [0.4, 0.5) is 10.1 Å². The first kappa shape index (κ1) is 21.0. The molecule has 1 aliphatic rings. The quantitative estimate of drug-likeness (QED) is 0.402. The molecular formula is C24H30FN5O. The zero-order valence-corrected chi connectivity index (χ0v) is 18.1. The molecule has 3 N–H and O–H groups in total. The van der Waals surface area contributed by atoms with Crippen LogP contribution in [0.25, 0.3) is 10.9 Å². The molecule has 1 aliphatic heterocycles. The fraction of sp³-hybridized carbons (Fsp3) is 0.375. The van der Waals surface area contributed by atoms with Gasteiger partial charge in [0, 0.05) is 50.3 Å². The molecule has 1 fully saturated rings. The number of fused-ring (bicyclic) bond motifs is 1.